The SMILES string of the molecule is CC(C)(C)c1nc(-c2ccccc2)nc(-c2ccc(-c3nc(-c4ccncc4)nc(-c4cccc(-c5nc(C(C)(C)C)nc(C(C)(C)C)n5)c4)n3)cc2)n1. The molecule has 0 amide bonds. The molecule has 0 unspecified atom stereocenters. The Balaban J connectivity index is 1.31. The van der Waals surface area contributed by atoms with Crippen molar-refractivity contribution in [1.82, 2.24) is 49.8 Å². The number of nitrogens with zero attached hydrogens (tertiary/aromatic N) is 10. The molecule has 7 rings (SSSR count). The summed E-state index contributed by atoms with van der Waals surface area (Å²) in [6, 6.07) is 29.8. The number of pyridine rings is 1. The Morgan fingerprint density at radius 2 is 0.611 bits per heavy atom. The molecular formula is C44H44N10. The van der Waals surface area contributed by atoms with Gasteiger partial charge < -0.3 is 0 Å². The summed E-state index contributed by atoms with van der Waals surface area (Å²) in [4.78, 5) is 48.5. The average Bonchev–Trinajstić information content (AvgIpc) is 3.17. The highest BCUT2D eigenvalue weighted by Gasteiger charge is 2.26. The summed E-state index contributed by atoms with van der Waals surface area (Å²) >= 11 is 0. The molecule has 10 heteroatoms. The van der Waals surface area contributed by atoms with E-state index in [1.165, 1.54) is 0 Å². The second-order valence-corrected chi connectivity index (χ2v) is 16.4. The van der Waals surface area contributed by atoms with Crippen molar-refractivity contribution in [2.24, 2.45) is 0 Å². The fourth-order valence-corrected chi connectivity index (χ4v) is 5.56. The molecule has 0 saturated carbocycles. The van der Waals surface area contributed by atoms with Crippen LogP contribution in [0.3, 0.4) is 0 Å². The van der Waals surface area contributed by atoms with Gasteiger partial charge in [0, 0.05) is 62.0 Å². The largest absolute Gasteiger partial charge is 0.265 e. The van der Waals surface area contributed by atoms with Gasteiger partial charge in [0.25, 0.3) is 0 Å². The minimum absolute atomic E-state index is 0.254. The smallest absolute Gasteiger partial charge is 0.164 e. The van der Waals surface area contributed by atoms with E-state index in [1.807, 2.05) is 91.0 Å². The zero-order valence-corrected chi connectivity index (χ0v) is 32.3. The van der Waals surface area contributed by atoms with E-state index in [0.29, 0.717) is 34.9 Å². The quantitative estimate of drug-likeness (QED) is 0.164. The van der Waals surface area contributed by atoms with Crippen LogP contribution in [0.4, 0.5) is 0 Å². The highest BCUT2D eigenvalue weighted by atomic mass is 15.1. The minimum Gasteiger partial charge on any atom is -0.265 e. The van der Waals surface area contributed by atoms with Crippen LogP contribution in [0.15, 0.2) is 103 Å². The van der Waals surface area contributed by atoms with Gasteiger partial charge in [-0.15, -0.1) is 0 Å². The number of aromatic nitrogens is 10. The second-order valence-electron chi connectivity index (χ2n) is 16.4. The normalized spacial score (nSPS) is 12.2. The van der Waals surface area contributed by atoms with Gasteiger partial charge in [0.15, 0.2) is 34.9 Å². The Morgan fingerprint density at radius 3 is 1.04 bits per heavy atom. The van der Waals surface area contributed by atoms with Crippen molar-refractivity contribution in [3.63, 3.8) is 0 Å². The molecule has 270 valence electrons. The first kappa shape index (κ1) is 36.2. The third-order valence-electron chi connectivity index (χ3n) is 8.67. The predicted molar refractivity (Wildman–Crippen MR) is 213 cm³/mol. The lowest BCUT2D eigenvalue weighted by molar-refractivity contribution is 0.497. The molecule has 10 nitrogen and oxygen atoms in total. The van der Waals surface area contributed by atoms with Gasteiger partial charge in [-0.1, -0.05) is 135 Å². The summed E-state index contributed by atoms with van der Waals surface area (Å²) < 4.78 is 0. The van der Waals surface area contributed by atoms with Gasteiger partial charge in [0.2, 0.25) is 0 Å². The van der Waals surface area contributed by atoms with E-state index in [1.54, 1.807) is 12.4 Å². The topological polar surface area (TPSA) is 129 Å². The molecule has 0 aliphatic carbocycles. The van der Waals surface area contributed by atoms with Crippen LogP contribution in [0, 0.1) is 0 Å². The van der Waals surface area contributed by atoms with Gasteiger partial charge in [-0.3, -0.25) is 4.98 Å². The van der Waals surface area contributed by atoms with Crippen molar-refractivity contribution in [2.75, 3.05) is 0 Å². The fourth-order valence-electron chi connectivity index (χ4n) is 5.56. The molecule has 0 aliphatic heterocycles. The minimum atomic E-state index is -0.267. The third kappa shape index (κ3) is 7.93. The first-order valence-corrected chi connectivity index (χ1v) is 18.1. The Hall–Kier alpha value is -6.16. The molecule has 4 aromatic heterocycles. The van der Waals surface area contributed by atoms with Gasteiger partial charge in [-0.2, -0.15) is 0 Å². The van der Waals surface area contributed by atoms with E-state index in [9.17, 15) is 0 Å². The summed E-state index contributed by atoms with van der Waals surface area (Å²) in [5.74, 6) is 5.68. The lowest BCUT2D eigenvalue weighted by Crippen LogP contribution is -2.24. The fraction of sp³-hybridized carbons (Fsp3) is 0.273. The zero-order valence-electron chi connectivity index (χ0n) is 32.3. The lowest BCUT2D eigenvalue weighted by Gasteiger charge is -2.22. The van der Waals surface area contributed by atoms with E-state index in [2.05, 4.69) is 67.3 Å². The molecule has 0 atom stereocenters. The lowest BCUT2D eigenvalue weighted by atomic mass is 9.93. The maximum Gasteiger partial charge on any atom is 0.164 e. The highest BCUT2D eigenvalue weighted by Crippen LogP contribution is 2.31. The maximum absolute atomic E-state index is 5.02. The van der Waals surface area contributed by atoms with Crippen molar-refractivity contribution < 1.29 is 0 Å². The van der Waals surface area contributed by atoms with Crippen LogP contribution >= 0.6 is 0 Å². The predicted octanol–water partition coefficient (Wildman–Crippen LogP) is 9.53. The van der Waals surface area contributed by atoms with Gasteiger partial charge in [-0.25, -0.2) is 44.9 Å². The molecular weight excluding hydrogens is 669 g/mol. The molecule has 3 aromatic carbocycles. The van der Waals surface area contributed by atoms with E-state index >= 15 is 0 Å². The van der Waals surface area contributed by atoms with Gasteiger partial charge >= 0.3 is 0 Å². The molecule has 54 heavy (non-hydrogen) atoms. The van der Waals surface area contributed by atoms with E-state index < -0.39 is 0 Å². The summed E-state index contributed by atoms with van der Waals surface area (Å²) in [5.41, 5.74) is 4.34. The average molecular weight is 713 g/mol. The van der Waals surface area contributed by atoms with Crippen LogP contribution in [0.1, 0.15) is 79.8 Å². The molecule has 0 bridgehead atoms. The summed E-state index contributed by atoms with van der Waals surface area (Å²) in [6.07, 6.45) is 3.47. The summed E-state index contributed by atoms with van der Waals surface area (Å²) in [7, 11) is 0. The van der Waals surface area contributed by atoms with E-state index in [4.69, 9.17) is 44.9 Å². The van der Waals surface area contributed by atoms with Gasteiger partial charge in [0.1, 0.15) is 17.5 Å². The number of benzene rings is 3. The monoisotopic (exact) mass is 712 g/mol. The van der Waals surface area contributed by atoms with Gasteiger partial charge in [0.05, 0.1) is 0 Å². The standard InChI is InChI=1S/C44H44N10/c1-42(2,3)39-50-35(27-14-11-10-12-15-27)49-36(51-39)29-20-18-28(19-21-29)33-46-34(30-22-24-45-25-23-30)48-37(47-33)31-16-13-17-32(26-31)38-52-40(43(4,5)6)54-41(53-38)44(7,8)9/h10-26H,1-9H3. The van der Waals surface area contributed by atoms with Crippen molar-refractivity contribution in [2.45, 2.75) is 78.6 Å². The molecule has 4 heterocycles. The van der Waals surface area contributed by atoms with Crippen LogP contribution in [-0.4, -0.2) is 49.8 Å². The van der Waals surface area contributed by atoms with Crippen molar-refractivity contribution >= 4 is 0 Å². The van der Waals surface area contributed by atoms with Crippen LogP contribution in [-0.2, 0) is 16.2 Å². The highest BCUT2D eigenvalue weighted by molar-refractivity contribution is 5.71. The molecule has 0 saturated heterocycles. The van der Waals surface area contributed by atoms with Crippen LogP contribution in [0.2, 0.25) is 0 Å². The van der Waals surface area contributed by atoms with E-state index in [0.717, 1.165) is 50.9 Å². The zero-order chi connectivity index (χ0) is 38.3. The molecule has 0 N–H and O–H groups in total. The van der Waals surface area contributed by atoms with Crippen molar-refractivity contribution in [3.8, 4) is 68.3 Å². The maximum atomic E-state index is 5.02. The Labute approximate surface area is 316 Å². The number of hydrogen-bond acceptors (Lipinski definition) is 10. The van der Waals surface area contributed by atoms with Crippen LogP contribution in [0.5, 0.6) is 0 Å². The molecule has 7 aromatic rings. The van der Waals surface area contributed by atoms with E-state index in [-0.39, 0.29) is 16.2 Å². The summed E-state index contributed by atoms with van der Waals surface area (Å²) in [6.45, 7) is 19.0. The Bertz CT molecular complexity index is 2390. The molecule has 0 spiro atoms. The first-order valence-electron chi connectivity index (χ1n) is 18.1. The number of rotatable bonds is 6. The van der Waals surface area contributed by atoms with Crippen LogP contribution in [0.25, 0.3) is 68.3 Å². The van der Waals surface area contributed by atoms with Crippen molar-refractivity contribution in [1.29, 1.82) is 0 Å². The summed E-state index contributed by atoms with van der Waals surface area (Å²) in [5, 5.41) is 0. The Morgan fingerprint density at radius 1 is 0.296 bits per heavy atom. The van der Waals surface area contributed by atoms with Crippen molar-refractivity contribution in [3.05, 3.63) is 121 Å². The second kappa shape index (κ2) is 14.0. The molecule has 0 radical (unpaired) electrons. The van der Waals surface area contributed by atoms with Gasteiger partial charge in [-0.05, 0) is 18.2 Å². The third-order valence-corrected chi connectivity index (χ3v) is 8.67. The molecule has 0 aliphatic rings. The van der Waals surface area contributed by atoms with Crippen LogP contribution < -0.4 is 0 Å². The first-order chi connectivity index (χ1) is 25.6. The Kier molecular flexibility index (Phi) is 9.39. The number of hydrogen-bond donors (Lipinski definition) is 0. The molecule has 0 fully saturated rings.